The standard InChI is InChI=1S/C23H33N3O4/c1-23(2,3)30-22(28)25-14-11-17(12-15-25)13-16-26-21(27)10-9-20(24-26)18-5-7-19(29-4)8-6-18/h5-8,17H,9-16H2,1-4H3. The number of nitrogens with zero attached hydrogens (tertiary/aromatic N) is 3. The van der Waals surface area contributed by atoms with Crippen molar-refractivity contribution in [3.05, 3.63) is 29.8 Å². The molecule has 0 N–H and O–H groups in total. The fraction of sp³-hybridized carbons (Fsp3) is 0.609. The van der Waals surface area contributed by atoms with Gasteiger partial charge in [-0.25, -0.2) is 9.80 Å². The third-order valence-corrected chi connectivity index (χ3v) is 5.54. The van der Waals surface area contributed by atoms with E-state index in [0.29, 0.717) is 38.4 Å². The lowest BCUT2D eigenvalue weighted by Gasteiger charge is -2.34. The molecule has 0 aliphatic carbocycles. The molecule has 0 spiro atoms. The van der Waals surface area contributed by atoms with Crippen LogP contribution in [0.15, 0.2) is 29.4 Å². The predicted molar refractivity (Wildman–Crippen MR) is 116 cm³/mol. The van der Waals surface area contributed by atoms with Gasteiger partial charge in [0.2, 0.25) is 5.91 Å². The first kappa shape index (κ1) is 22.1. The zero-order valence-corrected chi connectivity index (χ0v) is 18.5. The minimum atomic E-state index is -0.470. The van der Waals surface area contributed by atoms with Gasteiger partial charge in [-0.3, -0.25) is 4.79 Å². The van der Waals surface area contributed by atoms with Crippen LogP contribution in [0.25, 0.3) is 0 Å². The maximum atomic E-state index is 12.3. The van der Waals surface area contributed by atoms with E-state index in [1.807, 2.05) is 45.0 Å². The van der Waals surface area contributed by atoms with E-state index in [9.17, 15) is 9.59 Å². The number of ether oxygens (including phenoxy) is 2. The maximum Gasteiger partial charge on any atom is 0.410 e. The zero-order valence-electron chi connectivity index (χ0n) is 18.5. The van der Waals surface area contributed by atoms with Gasteiger partial charge in [0.15, 0.2) is 0 Å². The molecule has 2 aliphatic rings. The normalized spacial score (nSPS) is 18.3. The van der Waals surface area contributed by atoms with Crippen LogP contribution >= 0.6 is 0 Å². The van der Waals surface area contributed by atoms with Crippen LogP contribution < -0.4 is 4.74 Å². The monoisotopic (exact) mass is 415 g/mol. The van der Waals surface area contributed by atoms with Gasteiger partial charge < -0.3 is 14.4 Å². The Morgan fingerprint density at radius 3 is 2.40 bits per heavy atom. The molecule has 0 atom stereocenters. The lowest BCUT2D eigenvalue weighted by atomic mass is 9.93. The van der Waals surface area contributed by atoms with Crippen molar-refractivity contribution in [2.45, 2.75) is 58.5 Å². The van der Waals surface area contributed by atoms with Crippen LogP contribution in [0.2, 0.25) is 0 Å². The summed E-state index contributed by atoms with van der Waals surface area (Å²) in [6.07, 6.45) is 3.67. The van der Waals surface area contributed by atoms with Crippen LogP contribution in [0, 0.1) is 5.92 Å². The minimum Gasteiger partial charge on any atom is -0.497 e. The van der Waals surface area contributed by atoms with Crippen LogP contribution in [0.3, 0.4) is 0 Å². The number of methoxy groups -OCH3 is 1. The summed E-state index contributed by atoms with van der Waals surface area (Å²) in [6, 6.07) is 7.80. The highest BCUT2D eigenvalue weighted by atomic mass is 16.6. The number of carbonyl (C=O) groups excluding carboxylic acids is 2. The molecule has 0 bridgehead atoms. The molecule has 2 aliphatic heterocycles. The van der Waals surface area contributed by atoms with Crippen LogP contribution in [0.1, 0.15) is 58.4 Å². The Bertz CT molecular complexity index is 775. The number of hydrazone groups is 1. The summed E-state index contributed by atoms with van der Waals surface area (Å²) in [5.41, 5.74) is 1.50. The Kier molecular flexibility index (Phi) is 7.00. The molecule has 0 unspecified atom stereocenters. The van der Waals surface area contributed by atoms with Gasteiger partial charge in [0.25, 0.3) is 0 Å². The fourth-order valence-corrected chi connectivity index (χ4v) is 3.80. The van der Waals surface area contributed by atoms with Gasteiger partial charge in [-0.1, -0.05) is 0 Å². The largest absolute Gasteiger partial charge is 0.497 e. The third-order valence-electron chi connectivity index (χ3n) is 5.54. The Morgan fingerprint density at radius 2 is 1.80 bits per heavy atom. The van der Waals surface area contributed by atoms with E-state index < -0.39 is 5.60 Å². The molecule has 164 valence electrons. The average Bonchev–Trinajstić information content (AvgIpc) is 2.72. The molecule has 7 nitrogen and oxygen atoms in total. The summed E-state index contributed by atoms with van der Waals surface area (Å²) < 4.78 is 10.7. The number of hydrogen-bond acceptors (Lipinski definition) is 5. The molecule has 3 rings (SSSR count). The van der Waals surface area contributed by atoms with Gasteiger partial charge in [0.1, 0.15) is 11.4 Å². The van der Waals surface area contributed by atoms with Gasteiger partial charge in [0, 0.05) is 32.5 Å². The molecular formula is C23H33N3O4. The molecule has 0 aromatic heterocycles. The zero-order chi connectivity index (χ0) is 21.7. The number of amides is 2. The molecule has 0 radical (unpaired) electrons. The summed E-state index contributed by atoms with van der Waals surface area (Å²) >= 11 is 0. The highest BCUT2D eigenvalue weighted by Gasteiger charge is 2.28. The van der Waals surface area contributed by atoms with Gasteiger partial charge in [-0.15, -0.1) is 0 Å². The van der Waals surface area contributed by atoms with Crippen molar-refractivity contribution >= 4 is 17.7 Å². The first-order valence-corrected chi connectivity index (χ1v) is 10.8. The second-order valence-corrected chi connectivity index (χ2v) is 8.99. The Hall–Kier alpha value is -2.57. The molecule has 7 heteroatoms. The van der Waals surface area contributed by atoms with Crippen molar-refractivity contribution in [2.75, 3.05) is 26.7 Å². The number of carbonyl (C=O) groups is 2. The maximum absolute atomic E-state index is 12.3. The van der Waals surface area contributed by atoms with Crippen molar-refractivity contribution in [1.82, 2.24) is 9.91 Å². The molecule has 2 heterocycles. The lowest BCUT2D eigenvalue weighted by molar-refractivity contribution is -0.132. The summed E-state index contributed by atoms with van der Waals surface area (Å²) in [5.74, 6) is 1.37. The van der Waals surface area contributed by atoms with E-state index in [1.54, 1.807) is 17.0 Å². The van der Waals surface area contributed by atoms with Crippen molar-refractivity contribution in [1.29, 1.82) is 0 Å². The molecule has 0 saturated carbocycles. The van der Waals surface area contributed by atoms with E-state index in [1.165, 1.54) is 0 Å². The van der Waals surface area contributed by atoms with Gasteiger partial charge >= 0.3 is 6.09 Å². The number of hydrogen-bond donors (Lipinski definition) is 0. The van der Waals surface area contributed by atoms with Crippen molar-refractivity contribution in [3.8, 4) is 5.75 Å². The van der Waals surface area contributed by atoms with Crippen LogP contribution in [-0.2, 0) is 9.53 Å². The van der Waals surface area contributed by atoms with E-state index in [4.69, 9.17) is 9.47 Å². The Labute approximate surface area is 179 Å². The Morgan fingerprint density at radius 1 is 1.13 bits per heavy atom. The number of benzene rings is 1. The van der Waals surface area contributed by atoms with Gasteiger partial charge in [-0.05, 0) is 75.8 Å². The number of likely N-dealkylation sites (tertiary alicyclic amines) is 1. The van der Waals surface area contributed by atoms with E-state index in [2.05, 4.69) is 5.10 Å². The van der Waals surface area contributed by atoms with E-state index in [0.717, 1.165) is 36.3 Å². The number of piperidine rings is 1. The summed E-state index contributed by atoms with van der Waals surface area (Å²) in [7, 11) is 1.64. The second kappa shape index (κ2) is 9.49. The fourth-order valence-electron chi connectivity index (χ4n) is 3.80. The highest BCUT2D eigenvalue weighted by molar-refractivity contribution is 6.04. The first-order valence-electron chi connectivity index (χ1n) is 10.8. The van der Waals surface area contributed by atoms with Crippen molar-refractivity contribution < 1.29 is 19.1 Å². The topological polar surface area (TPSA) is 71.4 Å². The van der Waals surface area contributed by atoms with Crippen LogP contribution in [0.4, 0.5) is 4.79 Å². The summed E-state index contributed by atoms with van der Waals surface area (Å²) in [5, 5.41) is 6.26. The third kappa shape index (κ3) is 5.97. The van der Waals surface area contributed by atoms with Crippen LogP contribution in [-0.4, -0.2) is 60.0 Å². The molecule has 1 aromatic carbocycles. The average molecular weight is 416 g/mol. The predicted octanol–water partition coefficient (Wildman–Crippen LogP) is 4.06. The van der Waals surface area contributed by atoms with Crippen LogP contribution in [0.5, 0.6) is 5.75 Å². The highest BCUT2D eigenvalue weighted by Crippen LogP contribution is 2.24. The quantitative estimate of drug-likeness (QED) is 0.727. The molecule has 2 amide bonds. The Balaban J connectivity index is 1.51. The first-order chi connectivity index (χ1) is 14.2. The molecular weight excluding hydrogens is 382 g/mol. The van der Waals surface area contributed by atoms with Crippen molar-refractivity contribution in [3.63, 3.8) is 0 Å². The smallest absolute Gasteiger partial charge is 0.410 e. The van der Waals surface area contributed by atoms with Gasteiger partial charge in [-0.2, -0.15) is 5.10 Å². The summed E-state index contributed by atoms with van der Waals surface area (Å²) in [4.78, 5) is 26.3. The SMILES string of the molecule is COc1ccc(C2=NN(CCC3CCN(C(=O)OC(C)(C)C)CC3)C(=O)CC2)cc1. The molecule has 1 fully saturated rings. The van der Waals surface area contributed by atoms with Crippen molar-refractivity contribution in [2.24, 2.45) is 11.0 Å². The summed E-state index contributed by atoms with van der Waals surface area (Å²) in [6.45, 7) is 7.67. The van der Waals surface area contributed by atoms with Gasteiger partial charge in [0.05, 0.1) is 12.8 Å². The second-order valence-electron chi connectivity index (χ2n) is 8.99. The molecule has 1 aromatic rings. The molecule has 1 saturated heterocycles. The van der Waals surface area contributed by atoms with E-state index in [-0.39, 0.29) is 12.0 Å². The lowest BCUT2D eigenvalue weighted by Crippen LogP contribution is -2.42. The minimum absolute atomic E-state index is 0.0819. The van der Waals surface area contributed by atoms with E-state index >= 15 is 0 Å². The number of rotatable bonds is 5. The molecule has 30 heavy (non-hydrogen) atoms.